The lowest BCUT2D eigenvalue weighted by atomic mass is 9.59. The molecular formula is C75H120N6. The Morgan fingerprint density at radius 3 is 0.877 bits per heavy atom. The molecule has 13 rings (SSSR count). The fraction of sp³-hybridized carbons (Fsp3) is 0.960. The highest BCUT2D eigenvalue weighted by atomic mass is 15.3. The Hall–Kier alpha value is -1.65. The topological polar surface area (TPSA) is 81.1 Å². The van der Waals surface area contributed by atoms with Crippen molar-refractivity contribution in [2.24, 2.45) is 88.8 Å². The smallest absolute Gasteiger partial charge is 0.0659 e. The first-order valence-electron chi connectivity index (χ1n) is 37.5. The number of hydrogen-bond donors (Lipinski definition) is 0. The standard InChI is InChI=1S/C75H120N6/c76-49-52-45-62(50-77)75(63(46-52)51-78)59-27-25-55(26-28-59)53-21-23-54(24-22-53)56-29-37-69(38-30-56)80(66-17-9-3-10-18-66)70-41-33-58(34-42-70)61-36-44-74-72(48-61)71-47-60(35-43-73(71)81(74)67-19-11-4-12-20-67)57-31-39-68(40-32-57)79(64-13-5-1-6-14-64)65-15-7-2-8-16-65/h52-75H,1-48H2. The summed E-state index contributed by atoms with van der Waals surface area (Å²) in [5.74, 6) is 10.1. The Morgan fingerprint density at radius 2 is 0.543 bits per heavy atom. The second kappa shape index (κ2) is 27.6. The van der Waals surface area contributed by atoms with Crippen LogP contribution in [0.1, 0.15) is 308 Å². The number of rotatable bonds is 12. The van der Waals surface area contributed by atoms with Crippen molar-refractivity contribution in [3.05, 3.63) is 0 Å². The molecule has 0 aromatic heterocycles. The highest BCUT2D eigenvalue weighted by molar-refractivity contribution is 5.11. The van der Waals surface area contributed by atoms with Crippen LogP contribution in [0.15, 0.2) is 0 Å². The predicted molar refractivity (Wildman–Crippen MR) is 330 cm³/mol. The van der Waals surface area contributed by atoms with Crippen LogP contribution in [-0.2, 0) is 0 Å². The van der Waals surface area contributed by atoms with Gasteiger partial charge in [-0.05, 0) is 302 Å². The maximum absolute atomic E-state index is 10.1. The summed E-state index contributed by atoms with van der Waals surface area (Å²) >= 11 is 0. The number of fused-ring (bicyclic) bond motifs is 3. The van der Waals surface area contributed by atoms with Crippen LogP contribution in [0.25, 0.3) is 0 Å². The zero-order valence-corrected chi connectivity index (χ0v) is 52.0. The van der Waals surface area contributed by atoms with E-state index in [1.807, 2.05) is 0 Å². The van der Waals surface area contributed by atoms with Crippen molar-refractivity contribution in [1.29, 1.82) is 15.8 Å². The summed E-state index contributed by atoms with van der Waals surface area (Å²) in [6, 6.07) is 15.7. The molecule has 1 aliphatic heterocycles. The maximum Gasteiger partial charge on any atom is 0.0659 e. The molecule has 0 aromatic carbocycles. The van der Waals surface area contributed by atoms with Gasteiger partial charge in [0.2, 0.25) is 0 Å². The van der Waals surface area contributed by atoms with Crippen LogP contribution in [-0.4, -0.2) is 69.1 Å². The van der Waals surface area contributed by atoms with E-state index in [2.05, 4.69) is 32.9 Å². The van der Waals surface area contributed by atoms with Crippen molar-refractivity contribution >= 4 is 0 Å². The van der Waals surface area contributed by atoms with Gasteiger partial charge in [0.1, 0.15) is 0 Å². The maximum atomic E-state index is 10.1. The van der Waals surface area contributed by atoms with E-state index in [0.717, 1.165) is 114 Å². The number of nitrogens with zero attached hydrogens (tertiary/aromatic N) is 6. The van der Waals surface area contributed by atoms with E-state index in [4.69, 9.17) is 0 Å². The lowest BCUT2D eigenvalue weighted by Gasteiger charge is -2.51. The number of nitriles is 3. The Kier molecular flexibility index (Phi) is 19.9. The summed E-state index contributed by atoms with van der Waals surface area (Å²) in [5, 5.41) is 29.9. The van der Waals surface area contributed by atoms with E-state index >= 15 is 0 Å². The van der Waals surface area contributed by atoms with E-state index in [1.165, 1.54) is 231 Å². The molecule has 0 amide bonds. The van der Waals surface area contributed by atoms with Gasteiger partial charge in [-0.1, -0.05) is 77.0 Å². The molecule has 8 unspecified atom stereocenters. The molecular weight excluding hydrogens is 985 g/mol. The fourth-order valence-corrected chi connectivity index (χ4v) is 25.1. The Balaban J connectivity index is 0.597. The first kappa shape index (κ1) is 58.4. The summed E-state index contributed by atoms with van der Waals surface area (Å²) in [6.07, 6.45) is 70.0. The third kappa shape index (κ3) is 12.9. The second-order valence-corrected chi connectivity index (χ2v) is 32.5. The minimum atomic E-state index is -0.117. The van der Waals surface area contributed by atoms with Crippen molar-refractivity contribution < 1.29 is 0 Å². The van der Waals surface area contributed by atoms with Gasteiger partial charge in [0.15, 0.2) is 0 Å². The average Bonchev–Trinajstić information content (AvgIpc) is 4.04. The van der Waals surface area contributed by atoms with Gasteiger partial charge in [0, 0.05) is 60.3 Å². The van der Waals surface area contributed by atoms with Crippen LogP contribution >= 0.6 is 0 Å². The van der Waals surface area contributed by atoms with Crippen LogP contribution in [0.4, 0.5) is 0 Å². The molecule has 12 aliphatic carbocycles. The van der Waals surface area contributed by atoms with Crippen LogP contribution in [0.2, 0.25) is 0 Å². The molecule has 0 N–H and O–H groups in total. The van der Waals surface area contributed by atoms with Crippen LogP contribution in [0.3, 0.4) is 0 Å². The summed E-state index contributed by atoms with van der Waals surface area (Å²) in [7, 11) is 0. The molecule has 450 valence electrons. The van der Waals surface area contributed by atoms with Crippen molar-refractivity contribution in [3.63, 3.8) is 0 Å². The normalized spacial score (nSPS) is 45.1. The van der Waals surface area contributed by atoms with Crippen LogP contribution in [0.5, 0.6) is 0 Å². The summed E-state index contributed by atoms with van der Waals surface area (Å²) in [5.41, 5.74) is 0. The van der Waals surface area contributed by atoms with Gasteiger partial charge in [-0.3, -0.25) is 14.7 Å². The van der Waals surface area contributed by atoms with Gasteiger partial charge in [-0.25, -0.2) is 0 Å². The highest BCUT2D eigenvalue weighted by Crippen LogP contribution is 2.58. The summed E-state index contributed by atoms with van der Waals surface area (Å²) in [4.78, 5) is 9.91. The van der Waals surface area contributed by atoms with Crippen LogP contribution < -0.4 is 0 Å². The van der Waals surface area contributed by atoms with E-state index in [-0.39, 0.29) is 23.7 Å². The first-order chi connectivity index (χ1) is 40.0. The molecule has 1 heterocycles. The van der Waals surface area contributed by atoms with Crippen molar-refractivity contribution in [1.82, 2.24) is 14.7 Å². The van der Waals surface area contributed by atoms with Crippen LogP contribution in [0, 0.1) is 123 Å². The van der Waals surface area contributed by atoms with Crippen molar-refractivity contribution in [2.45, 2.75) is 363 Å². The Morgan fingerprint density at radius 1 is 0.259 bits per heavy atom. The summed E-state index contributed by atoms with van der Waals surface area (Å²) in [6.45, 7) is 0. The summed E-state index contributed by atoms with van der Waals surface area (Å²) < 4.78 is 0. The molecule has 6 nitrogen and oxygen atoms in total. The minimum absolute atomic E-state index is 0.111. The molecule has 0 aromatic rings. The first-order valence-corrected chi connectivity index (χ1v) is 37.5. The minimum Gasteiger partial charge on any atom is -0.294 e. The van der Waals surface area contributed by atoms with Gasteiger partial charge < -0.3 is 0 Å². The number of likely N-dealkylation sites (tertiary alicyclic amines) is 1. The third-order valence-electron chi connectivity index (χ3n) is 29.0. The largest absolute Gasteiger partial charge is 0.294 e. The SMILES string of the molecule is N#CC1CC(C#N)C(C2CCC(C3CCC(C4CCC(N(C5CCCCC5)C5CCC(C6CCC7C(C6)C6CC(C8CCC(N(C9CCCCC9)C9CCCCC9)CC8)CCC6N7C6CCCCC6)CC5)CC4)CC3)CC2)C(C#N)C1. The monoisotopic (exact) mass is 1100 g/mol. The second-order valence-electron chi connectivity index (χ2n) is 32.5. The average molecular weight is 1110 g/mol. The molecule has 6 heteroatoms. The fourth-order valence-electron chi connectivity index (χ4n) is 25.1. The third-order valence-corrected chi connectivity index (χ3v) is 29.0. The zero-order valence-electron chi connectivity index (χ0n) is 52.0. The number of hydrogen-bond acceptors (Lipinski definition) is 6. The lowest BCUT2D eigenvalue weighted by Crippen LogP contribution is -2.53. The van der Waals surface area contributed by atoms with Gasteiger partial charge in [-0.2, -0.15) is 15.8 Å². The van der Waals surface area contributed by atoms with E-state index in [9.17, 15) is 15.8 Å². The molecule has 13 aliphatic rings. The molecule has 8 atom stereocenters. The molecule has 81 heavy (non-hydrogen) atoms. The highest BCUT2D eigenvalue weighted by Gasteiger charge is 2.56. The molecule has 0 radical (unpaired) electrons. The van der Waals surface area contributed by atoms with Crippen molar-refractivity contribution in [2.75, 3.05) is 0 Å². The molecule has 12 saturated carbocycles. The Bertz CT molecular complexity index is 2010. The van der Waals surface area contributed by atoms with Gasteiger partial charge in [0.05, 0.1) is 30.0 Å². The quantitative estimate of drug-likeness (QED) is 0.194. The zero-order chi connectivity index (χ0) is 54.7. The molecule has 1 saturated heterocycles. The molecule has 0 bridgehead atoms. The lowest BCUT2D eigenvalue weighted by molar-refractivity contribution is -0.00713. The Labute approximate surface area is 497 Å². The van der Waals surface area contributed by atoms with E-state index in [0.29, 0.717) is 18.8 Å². The van der Waals surface area contributed by atoms with E-state index < -0.39 is 0 Å². The molecule has 13 fully saturated rings. The predicted octanol–water partition coefficient (Wildman–Crippen LogP) is 18.9. The van der Waals surface area contributed by atoms with Gasteiger partial charge in [0.25, 0.3) is 0 Å². The van der Waals surface area contributed by atoms with Gasteiger partial charge in [-0.15, -0.1) is 0 Å². The van der Waals surface area contributed by atoms with Crippen molar-refractivity contribution in [3.8, 4) is 18.2 Å². The van der Waals surface area contributed by atoms with Gasteiger partial charge >= 0.3 is 0 Å². The van der Waals surface area contributed by atoms with E-state index in [1.54, 1.807) is 64.2 Å². The molecule has 0 spiro atoms.